The van der Waals surface area contributed by atoms with Gasteiger partial charge in [-0.3, -0.25) is 14.5 Å². The van der Waals surface area contributed by atoms with Crippen molar-refractivity contribution in [1.29, 1.82) is 0 Å². The van der Waals surface area contributed by atoms with E-state index in [9.17, 15) is 14.4 Å². The van der Waals surface area contributed by atoms with Gasteiger partial charge in [-0.1, -0.05) is 44.2 Å². The number of rotatable bonds is 8. The number of ether oxygens (including phenoxy) is 1. The first-order valence-electron chi connectivity index (χ1n) is 13.3. The molecule has 0 saturated heterocycles. The average Bonchev–Trinajstić information content (AvgIpc) is 3.65. The zero-order chi connectivity index (χ0) is 27.7. The maximum absolute atomic E-state index is 12.8. The van der Waals surface area contributed by atoms with E-state index in [1.807, 2.05) is 64.1 Å². The number of carbonyl (C=O) groups excluding carboxylic acids is 3. The van der Waals surface area contributed by atoms with Crippen LogP contribution in [0.25, 0.3) is 0 Å². The second kappa shape index (κ2) is 13.6. The van der Waals surface area contributed by atoms with Gasteiger partial charge in [0.15, 0.2) is 0 Å². The maximum Gasteiger partial charge on any atom is 0.414 e. The number of aromatic nitrogens is 1. The summed E-state index contributed by atoms with van der Waals surface area (Å²) >= 11 is 0. The van der Waals surface area contributed by atoms with Crippen molar-refractivity contribution in [3.8, 4) is 0 Å². The first-order valence-corrected chi connectivity index (χ1v) is 13.3. The van der Waals surface area contributed by atoms with Gasteiger partial charge in [0.25, 0.3) is 11.8 Å². The maximum atomic E-state index is 12.8. The number of benzene rings is 1. The lowest BCUT2D eigenvalue weighted by Gasteiger charge is -2.18. The lowest BCUT2D eigenvalue weighted by atomic mass is 9.99. The Morgan fingerprint density at radius 2 is 1.89 bits per heavy atom. The van der Waals surface area contributed by atoms with E-state index in [0.717, 1.165) is 35.2 Å². The third kappa shape index (κ3) is 7.09. The molecule has 2 aromatic rings. The highest BCUT2D eigenvalue weighted by molar-refractivity contribution is 5.99. The van der Waals surface area contributed by atoms with E-state index < -0.39 is 0 Å². The molecule has 1 aromatic heterocycles. The molecule has 8 heteroatoms. The zero-order valence-electron chi connectivity index (χ0n) is 23.0. The summed E-state index contributed by atoms with van der Waals surface area (Å²) < 4.78 is 5.55. The Morgan fingerprint density at radius 1 is 1.13 bits per heavy atom. The number of pyridine rings is 1. The molecule has 2 aliphatic rings. The molecule has 4 rings (SSSR count). The van der Waals surface area contributed by atoms with Crippen molar-refractivity contribution in [1.82, 2.24) is 15.6 Å². The largest absolute Gasteiger partial charge is 0.444 e. The molecule has 8 nitrogen and oxygen atoms in total. The summed E-state index contributed by atoms with van der Waals surface area (Å²) in [5.74, 6) is -0.542. The fourth-order valence-electron chi connectivity index (χ4n) is 4.27. The van der Waals surface area contributed by atoms with Crippen molar-refractivity contribution in [2.24, 2.45) is 0 Å². The average molecular weight is 519 g/mol. The number of nitrogens with one attached hydrogen (secondary N) is 2. The monoisotopic (exact) mass is 518 g/mol. The molecule has 0 atom stereocenters. The topological polar surface area (TPSA) is 101 Å². The van der Waals surface area contributed by atoms with Crippen LogP contribution in [0.15, 0.2) is 54.1 Å². The molecule has 2 heterocycles. The highest BCUT2D eigenvalue weighted by Gasteiger charge is 2.28. The Hall–Kier alpha value is -3.94. The Kier molecular flexibility index (Phi) is 10.2. The van der Waals surface area contributed by atoms with Gasteiger partial charge in [-0.25, -0.2) is 9.78 Å². The van der Waals surface area contributed by atoms with Gasteiger partial charge in [-0.05, 0) is 68.0 Å². The number of hydrogen-bond acceptors (Lipinski definition) is 5. The van der Waals surface area contributed by atoms with Crippen molar-refractivity contribution in [3.05, 3.63) is 82.2 Å². The van der Waals surface area contributed by atoms with Crippen molar-refractivity contribution in [2.75, 3.05) is 25.1 Å². The minimum absolute atomic E-state index is 0.197. The molecule has 0 unspecified atom stereocenters. The second-order valence-corrected chi connectivity index (χ2v) is 8.97. The minimum atomic E-state index is -0.381. The molecule has 202 valence electrons. The van der Waals surface area contributed by atoms with Crippen LogP contribution in [0, 0.1) is 0 Å². The first kappa shape index (κ1) is 28.6. The van der Waals surface area contributed by atoms with Crippen LogP contribution < -0.4 is 15.5 Å². The number of allylic oxidation sites excluding steroid dienone is 2. The van der Waals surface area contributed by atoms with Crippen LogP contribution in [0.3, 0.4) is 0 Å². The number of anilines is 1. The molecular formula is C30H38N4O4. The predicted octanol–water partition coefficient (Wildman–Crippen LogP) is 4.97. The number of nitrogens with zero attached hydrogens (tertiary/aromatic N) is 2. The van der Waals surface area contributed by atoms with Gasteiger partial charge in [0.05, 0.1) is 5.69 Å². The van der Waals surface area contributed by atoms with Gasteiger partial charge in [0.2, 0.25) is 0 Å². The minimum Gasteiger partial charge on any atom is -0.444 e. The highest BCUT2D eigenvalue weighted by Crippen LogP contribution is 2.32. The molecule has 1 aliphatic heterocycles. The SMILES string of the molecule is C/C=C\C(=C/C)COC(=O)N1CCc2c(Cc3cc(C(=O)NC4CC4)cc(C(=O)NC)n3)cccc21.CC. The van der Waals surface area contributed by atoms with Gasteiger partial charge in [-0.2, -0.15) is 0 Å². The third-order valence-corrected chi connectivity index (χ3v) is 6.34. The number of hydrogen-bond donors (Lipinski definition) is 2. The van der Waals surface area contributed by atoms with Crippen LogP contribution in [0.2, 0.25) is 0 Å². The van der Waals surface area contributed by atoms with Crippen molar-refractivity contribution in [2.45, 2.75) is 59.4 Å². The molecule has 0 bridgehead atoms. The summed E-state index contributed by atoms with van der Waals surface area (Å²) in [7, 11) is 1.54. The lowest BCUT2D eigenvalue weighted by Crippen LogP contribution is -2.30. The van der Waals surface area contributed by atoms with E-state index >= 15 is 0 Å². The molecule has 1 aromatic carbocycles. The van der Waals surface area contributed by atoms with Crippen molar-refractivity contribution in [3.63, 3.8) is 0 Å². The summed E-state index contributed by atoms with van der Waals surface area (Å²) in [6, 6.07) is 9.29. The summed E-state index contributed by atoms with van der Waals surface area (Å²) in [5, 5.41) is 5.56. The molecule has 1 saturated carbocycles. The van der Waals surface area contributed by atoms with Crippen molar-refractivity contribution >= 4 is 23.6 Å². The van der Waals surface area contributed by atoms with Gasteiger partial charge in [-0.15, -0.1) is 0 Å². The number of fused-ring (bicyclic) bond motifs is 1. The number of carbonyl (C=O) groups is 3. The Balaban J connectivity index is 0.00000195. The Morgan fingerprint density at radius 3 is 2.55 bits per heavy atom. The van der Waals surface area contributed by atoms with E-state index in [1.54, 1.807) is 11.0 Å². The highest BCUT2D eigenvalue weighted by atomic mass is 16.6. The van der Waals surface area contributed by atoms with Crippen LogP contribution in [-0.2, 0) is 17.6 Å². The van der Waals surface area contributed by atoms with Gasteiger partial charge in [0.1, 0.15) is 12.3 Å². The zero-order valence-corrected chi connectivity index (χ0v) is 23.0. The smallest absolute Gasteiger partial charge is 0.414 e. The van der Waals surface area contributed by atoms with Gasteiger partial charge in [0, 0.05) is 37.3 Å². The van der Waals surface area contributed by atoms with Crippen LogP contribution in [0.4, 0.5) is 10.5 Å². The quantitative estimate of drug-likeness (QED) is 0.481. The normalized spacial score (nSPS) is 14.4. The van der Waals surface area contributed by atoms with Crippen LogP contribution in [0.1, 0.15) is 78.2 Å². The van der Waals surface area contributed by atoms with E-state index in [0.29, 0.717) is 30.6 Å². The van der Waals surface area contributed by atoms with Crippen LogP contribution >= 0.6 is 0 Å². The summed E-state index contributed by atoms with van der Waals surface area (Å²) in [5.41, 5.74) is 5.04. The van der Waals surface area contributed by atoms with Crippen LogP contribution in [0.5, 0.6) is 0 Å². The molecule has 1 aliphatic carbocycles. The fourth-order valence-corrected chi connectivity index (χ4v) is 4.27. The lowest BCUT2D eigenvalue weighted by molar-refractivity contribution is 0.0950. The van der Waals surface area contributed by atoms with Gasteiger partial charge >= 0.3 is 6.09 Å². The fraction of sp³-hybridized carbons (Fsp3) is 0.400. The molecule has 0 radical (unpaired) electrons. The van der Waals surface area contributed by atoms with E-state index in [4.69, 9.17) is 4.74 Å². The summed E-state index contributed by atoms with van der Waals surface area (Å²) in [6.07, 6.45) is 8.45. The molecule has 1 fully saturated rings. The summed E-state index contributed by atoms with van der Waals surface area (Å²) in [4.78, 5) is 44.0. The molecular weight excluding hydrogens is 480 g/mol. The predicted molar refractivity (Wildman–Crippen MR) is 150 cm³/mol. The first-order chi connectivity index (χ1) is 18.4. The molecule has 3 amide bonds. The van der Waals surface area contributed by atoms with Crippen LogP contribution in [-0.4, -0.2) is 49.1 Å². The van der Waals surface area contributed by atoms with E-state index in [2.05, 4.69) is 15.6 Å². The van der Waals surface area contributed by atoms with Crippen molar-refractivity contribution < 1.29 is 19.1 Å². The third-order valence-electron chi connectivity index (χ3n) is 6.34. The standard InChI is InChI=1S/C28H32N4O4.C2H6/c1-4-7-18(5-2)17-36-28(35)32-13-12-23-19(8-6-9-25(23)32)14-22-15-20(26(33)31-21-10-11-21)16-24(30-22)27(34)29-3;1-2/h4-9,15-16,21H,10-14,17H2,1-3H3,(H,29,34)(H,31,33);1-2H3/b7-4-,18-5+;. The second-order valence-electron chi connectivity index (χ2n) is 8.97. The molecule has 2 N–H and O–H groups in total. The number of amides is 3. The Labute approximate surface area is 225 Å². The van der Waals surface area contributed by atoms with Gasteiger partial charge < -0.3 is 15.4 Å². The molecule has 0 spiro atoms. The summed E-state index contributed by atoms with van der Waals surface area (Å²) in [6.45, 7) is 8.58. The Bertz CT molecular complexity index is 1230. The van der Waals surface area contributed by atoms with E-state index in [-0.39, 0.29) is 36.3 Å². The van der Waals surface area contributed by atoms with E-state index in [1.165, 1.54) is 13.1 Å². The molecule has 38 heavy (non-hydrogen) atoms.